The molecule has 1 aliphatic heterocycles. The number of benzene rings is 1. The molecule has 21 heavy (non-hydrogen) atoms. The highest BCUT2D eigenvalue weighted by Gasteiger charge is 2.26. The van der Waals surface area contributed by atoms with Gasteiger partial charge < -0.3 is 10.0 Å². The van der Waals surface area contributed by atoms with Crippen molar-refractivity contribution in [2.24, 2.45) is 5.92 Å². The van der Waals surface area contributed by atoms with Crippen molar-refractivity contribution in [3.8, 4) is 0 Å². The van der Waals surface area contributed by atoms with Crippen LogP contribution in [0.5, 0.6) is 0 Å². The lowest BCUT2D eigenvalue weighted by atomic mass is 9.86. The normalized spacial score (nSPS) is 27.8. The molecule has 116 valence electrons. The van der Waals surface area contributed by atoms with Crippen LogP contribution in [0.1, 0.15) is 25.7 Å². The first-order valence-corrected chi connectivity index (χ1v) is 8.13. The Morgan fingerprint density at radius 2 is 1.67 bits per heavy atom. The van der Waals surface area contributed by atoms with E-state index in [2.05, 4.69) is 9.80 Å². The van der Waals surface area contributed by atoms with E-state index in [0.29, 0.717) is 5.92 Å². The van der Waals surface area contributed by atoms with Gasteiger partial charge in [0.15, 0.2) is 0 Å². The van der Waals surface area contributed by atoms with Crippen molar-refractivity contribution in [2.45, 2.75) is 31.8 Å². The lowest BCUT2D eigenvalue weighted by molar-refractivity contribution is 0.0453. The van der Waals surface area contributed by atoms with Crippen LogP contribution in [0.3, 0.4) is 0 Å². The molecule has 0 spiro atoms. The van der Waals surface area contributed by atoms with Crippen molar-refractivity contribution in [2.75, 3.05) is 37.6 Å². The third-order valence-corrected chi connectivity index (χ3v) is 4.93. The van der Waals surface area contributed by atoms with E-state index in [1.165, 1.54) is 31.4 Å². The van der Waals surface area contributed by atoms with Gasteiger partial charge in [-0.2, -0.15) is 0 Å². The molecule has 1 saturated heterocycles. The van der Waals surface area contributed by atoms with E-state index >= 15 is 0 Å². The third kappa shape index (κ3) is 3.74. The zero-order chi connectivity index (χ0) is 14.7. The quantitative estimate of drug-likeness (QED) is 0.927. The lowest BCUT2D eigenvalue weighted by Crippen LogP contribution is -2.49. The minimum Gasteiger partial charge on any atom is -0.393 e. The van der Waals surface area contributed by atoms with Crippen molar-refractivity contribution >= 4 is 5.69 Å². The van der Waals surface area contributed by atoms with Crippen LogP contribution in [0.15, 0.2) is 24.3 Å². The van der Waals surface area contributed by atoms with Gasteiger partial charge in [-0.25, -0.2) is 4.39 Å². The number of aliphatic hydroxyl groups excluding tert-OH is 1. The Hall–Kier alpha value is -1.13. The summed E-state index contributed by atoms with van der Waals surface area (Å²) < 4.78 is 13.0. The van der Waals surface area contributed by atoms with Crippen molar-refractivity contribution in [1.82, 2.24) is 4.90 Å². The van der Waals surface area contributed by atoms with Gasteiger partial charge in [-0.15, -0.1) is 0 Å². The number of aliphatic hydroxyl groups is 1. The predicted octanol–water partition coefficient (Wildman–Crippen LogP) is 2.50. The smallest absolute Gasteiger partial charge is 0.123 e. The van der Waals surface area contributed by atoms with Gasteiger partial charge >= 0.3 is 0 Å². The lowest BCUT2D eigenvalue weighted by Gasteiger charge is -2.39. The Bertz CT molecular complexity index is 443. The second-order valence-electron chi connectivity index (χ2n) is 6.38. The minimum absolute atomic E-state index is 0.103. The van der Waals surface area contributed by atoms with Gasteiger partial charge in [0.1, 0.15) is 5.82 Å². The molecule has 0 bridgehead atoms. The number of halogens is 1. The first-order valence-electron chi connectivity index (χ1n) is 8.13. The summed E-state index contributed by atoms with van der Waals surface area (Å²) in [5.74, 6) is 0.278. The summed E-state index contributed by atoms with van der Waals surface area (Å²) in [4.78, 5) is 4.78. The van der Waals surface area contributed by atoms with Crippen LogP contribution >= 0.6 is 0 Å². The van der Waals surface area contributed by atoms with Gasteiger partial charge in [-0.3, -0.25) is 4.90 Å². The molecule has 1 aliphatic carbocycles. The fourth-order valence-electron chi connectivity index (χ4n) is 3.57. The predicted molar refractivity (Wildman–Crippen MR) is 83.0 cm³/mol. The van der Waals surface area contributed by atoms with Crippen LogP contribution in [0.4, 0.5) is 10.1 Å². The van der Waals surface area contributed by atoms with Crippen LogP contribution in [0.25, 0.3) is 0 Å². The van der Waals surface area contributed by atoms with Gasteiger partial charge in [-0.1, -0.05) is 12.8 Å². The molecule has 0 radical (unpaired) electrons. The number of rotatable bonds is 3. The van der Waals surface area contributed by atoms with E-state index in [9.17, 15) is 9.50 Å². The molecule has 1 aromatic carbocycles. The highest BCUT2D eigenvalue weighted by atomic mass is 19.1. The highest BCUT2D eigenvalue weighted by molar-refractivity contribution is 5.46. The molecule has 1 heterocycles. The van der Waals surface area contributed by atoms with E-state index in [1.54, 1.807) is 0 Å². The van der Waals surface area contributed by atoms with E-state index < -0.39 is 0 Å². The Balaban J connectivity index is 1.49. The third-order valence-electron chi connectivity index (χ3n) is 4.93. The van der Waals surface area contributed by atoms with Crippen molar-refractivity contribution in [1.29, 1.82) is 0 Å². The van der Waals surface area contributed by atoms with Gasteiger partial charge in [0.2, 0.25) is 0 Å². The maximum atomic E-state index is 13.0. The molecule has 2 unspecified atom stereocenters. The van der Waals surface area contributed by atoms with Crippen molar-refractivity contribution in [3.63, 3.8) is 0 Å². The molecule has 1 saturated carbocycles. The molecular weight excluding hydrogens is 267 g/mol. The van der Waals surface area contributed by atoms with Gasteiger partial charge in [0, 0.05) is 38.4 Å². The summed E-state index contributed by atoms with van der Waals surface area (Å²) in [5.41, 5.74) is 1.11. The maximum absolute atomic E-state index is 13.0. The number of anilines is 1. The zero-order valence-electron chi connectivity index (χ0n) is 12.5. The van der Waals surface area contributed by atoms with Gasteiger partial charge in [0.25, 0.3) is 0 Å². The second-order valence-corrected chi connectivity index (χ2v) is 6.38. The number of hydrogen-bond acceptors (Lipinski definition) is 3. The van der Waals surface area contributed by atoms with E-state index in [1.807, 2.05) is 12.1 Å². The fourth-order valence-corrected chi connectivity index (χ4v) is 3.57. The summed E-state index contributed by atoms with van der Waals surface area (Å²) in [6.45, 7) is 5.04. The Morgan fingerprint density at radius 1 is 1.00 bits per heavy atom. The molecule has 0 amide bonds. The molecular formula is C17H25FN2O. The summed E-state index contributed by atoms with van der Waals surface area (Å²) in [6.07, 6.45) is 4.47. The summed E-state index contributed by atoms with van der Waals surface area (Å²) in [7, 11) is 0. The maximum Gasteiger partial charge on any atom is 0.123 e. The molecule has 0 aromatic heterocycles. The number of nitrogens with zero attached hydrogens (tertiary/aromatic N) is 2. The Labute approximate surface area is 126 Å². The van der Waals surface area contributed by atoms with Crippen LogP contribution in [-0.2, 0) is 0 Å². The van der Waals surface area contributed by atoms with Gasteiger partial charge in [0.05, 0.1) is 6.10 Å². The molecule has 1 aromatic rings. The van der Waals surface area contributed by atoms with E-state index in [4.69, 9.17) is 0 Å². The number of piperazine rings is 1. The zero-order valence-corrected chi connectivity index (χ0v) is 12.5. The summed E-state index contributed by atoms with van der Waals surface area (Å²) in [6, 6.07) is 6.77. The van der Waals surface area contributed by atoms with E-state index in [-0.39, 0.29) is 11.9 Å². The molecule has 2 fully saturated rings. The van der Waals surface area contributed by atoms with E-state index in [0.717, 1.165) is 44.8 Å². The number of hydrogen-bond donors (Lipinski definition) is 1. The van der Waals surface area contributed by atoms with Crippen molar-refractivity contribution in [3.05, 3.63) is 30.1 Å². The molecule has 3 nitrogen and oxygen atoms in total. The Morgan fingerprint density at radius 3 is 2.33 bits per heavy atom. The second kappa shape index (κ2) is 6.75. The largest absolute Gasteiger partial charge is 0.393 e. The van der Waals surface area contributed by atoms with Crippen LogP contribution < -0.4 is 4.90 Å². The highest BCUT2D eigenvalue weighted by Crippen LogP contribution is 2.26. The van der Waals surface area contributed by atoms with Gasteiger partial charge in [-0.05, 0) is 43.0 Å². The molecule has 4 heteroatoms. The fraction of sp³-hybridized carbons (Fsp3) is 0.647. The summed E-state index contributed by atoms with van der Waals surface area (Å²) >= 11 is 0. The standard InChI is InChI=1S/C17H25FN2O/c18-15-5-7-16(8-6-15)20-11-9-19(10-12-20)13-14-3-1-2-4-17(14)21/h5-8,14,17,21H,1-4,9-13H2. The van der Waals surface area contributed by atoms with Crippen LogP contribution in [0, 0.1) is 11.7 Å². The molecule has 2 atom stereocenters. The van der Waals surface area contributed by atoms with Crippen LogP contribution in [0.2, 0.25) is 0 Å². The Kier molecular flexibility index (Phi) is 4.76. The molecule has 3 rings (SSSR count). The summed E-state index contributed by atoms with van der Waals surface area (Å²) in [5, 5.41) is 10.1. The monoisotopic (exact) mass is 292 g/mol. The van der Waals surface area contributed by atoms with Crippen LogP contribution in [-0.4, -0.2) is 48.8 Å². The first kappa shape index (κ1) is 14.8. The molecule has 2 aliphatic rings. The average Bonchev–Trinajstić information content (AvgIpc) is 2.51. The minimum atomic E-state index is -0.177. The first-order chi connectivity index (χ1) is 10.2. The van der Waals surface area contributed by atoms with Crippen molar-refractivity contribution < 1.29 is 9.50 Å². The average molecular weight is 292 g/mol. The molecule has 1 N–H and O–H groups in total. The topological polar surface area (TPSA) is 26.7 Å². The SMILES string of the molecule is OC1CCCCC1CN1CCN(c2ccc(F)cc2)CC1.